The molecule has 0 spiro atoms. The van der Waals surface area contributed by atoms with Crippen LogP contribution in [0.5, 0.6) is 0 Å². The molecule has 2 amide bonds. The lowest BCUT2D eigenvalue weighted by Crippen LogP contribution is -2.21. The zero-order valence-corrected chi connectivity index (χ0v) is 15.7. The van der Waals surface area contributed by atoms with E-state index in [1.165, 1.54) is 40.7 Å². The Labute approximate surface area is 156 Å². The van der Waals surface area contributed by atoms with E-state index >= 15 is 0 Å². The molecule has 136 valence electrons. The molecule has 0 aliphatic heterocycles. The summed E-state index contributed by atoms with van der Waals surface area (Å²) in [6.45, 7) is 0.977. The number of carbonyl (C=O) groups is 1. The SMILES string of the molecule is CN(C)Cc1cc#ccc1.NC(=O)Nc1c2c(cc3c1CCC3)CCC2. The maximum absolute atomic E-state index is 11.1. The molecule has 0 fully saturated rings. The van der Waals surface area contributed by atoms with Gasteiger partial charge in [-0.15, -0.1) is 0 Å². The number of primary amides is 1. The van der Waals surface area contributed by atoms with Gasteiger partial charge in [0.05, 0.1) is 0 Å². The van der Waals surface area contributed by atoms with Gasteiger partial charge >= 0.3 is 6.03 Å². The summed E-state index contributed by atoms with van der Waals surface area (Å²) in [6, 6.07) is 13.6. The molecule has 4 nitrogen and oxygen atoms in total. The first-order valence-electron chi connectivity index (χ1n) is 9.29. The molecule has 0 heterocycles. The fourth-order valence-corrected chi connectivity index (χ4v) is 3.93. The quantitative estimate of drug-likeness (QED) is 0.891. The second-order valence-corrected chi connectivity index (χ2v) is 7.30. The van der Waals surface area contributed by atoms with E-state index in [9.17, 15) is 4.79 Å². The van der Waals surface area contributed by atoms with E-state index in [2.05, 4.69) is 48.6 Å². The van der Waals surface area contributed by atoms with Crippen LogP contribution in [-0.4, -0.2) is 25.0 Å². The van der Waals surface area contributed by atoms with Crippen LogP contribution in [0.1, 0.15) is 40.7 Å². The van der Waals surface area contributed by atoms with Gasteiger partial charge in [-0.05, 0) is 98.6 Å². The first-order valence-corrected chi connectivity index (χ1v) is 9.29. The topological polar surface area (TPSA) is 58.4 Å². The number of nitrogens with two attached hydrogens (primary N) is 1. The number of hydrogen-bond donors (Lipinski definition) is 2. The molecule has 0 atom stereocenters. The molecule has 4 rings (SSSR count). The van der Waals surface area contributed by atoms with Gasteiger partial charge in [-0.3, -0.25) is 0 Å². The number of nitrogens with zero attached hydrogens (tertiary/aromatic N) is 1. The van der Waals surface area contributed by atoms with E-state index in [1.54, 1.807) is 0 Å². The molecule has 0 saturated carbocycles. The predicted molar refractivity (Wildman–Crippen MR) is 105 cm³/mol. The smallest absolute Gasteiger partial charge is 0.316 e. The van der Waals surface area contributed by atoms with Crippen LogP contribution in [0.25, 0.3) is 0 Å². The van der Waals surface area contributed by atoms with E-state index in [4.69, 9.17) is 5.73 Å². The summed E-state index contributed by atoms with van der Waals surface area (Å²) >= 11 is 0. The zero-order chi connectivity index (χ0) is 18.5. The van der Waals surface area contributed by atoms with Gasteiger partial charge in [-0.2, -0.15) is 0 Å². The summed E-state index contributed by atoms with van der Waals surface area (Å²) in [6.07, 6.45) is 6.86. The number of rotatable bonds is 3. The largest absolute Gasteiger partial charge is 0.351 e. The molecule has 2 aromatic carbocycles. The van der Waals surface area contributed by atoms with Crippen LogP contribution < -0.4 is 11.1 Å². The summed E-state index contributed by atoms with van der Waals surface area (Å²) in [5.41, 5.74) is 13.1. The van der Waals surface area contributed by atoms with Crippen molar-refractivity contribution in [2.45, 2.75) is 45.1 Å². The number of hydrogen-bond acceptors (Lipinski definition) is 2. The minimum atomic E-state index is -0.436. The fraction of sp³-hybridized carbons (Fsp3) is 0.409. The Morgan fingerprint density at radius 1 is 1.12 bits per heavy atom. The molecule has 0 radical (unpaired) electrons. The third-order valence-corrected chi connectivity index (χ3v) is 4.94. The summed E-state index contributed by atoms with van der Waals surface area (Å²) in [5.74, 6) is 0. The van der Waals surface area contributed by atoms with Crippen molar-refractivity contribution in [3.63, 3.8) is 0 Å². The van der Waals surface area contributed by atoms with Crippen molar-refractivity contribution in [3.05, 3.63) is 64.2 Å². The Hall–Kier alpha value is -2.51. The van der Waals surface area contributed by atoms with E-state index in [-0.39, 0.29) is 0 Å². The van der Waals surface area contributed by atoms with Crippen LogP contribution in [0.4, 0.5) is 10.5 Å². The molecule has 4 heteroatoms. The lowest BCUT2D eigenvalue weighted by Gasteiger charge is -2.14. The van der Waals surface area contributed by atoms with Crippen molar-refractivity contribution in [2.75, 3.05) is 19.4 Å². The van der Waals surface area contributed by atoms with Gasteiger partial charge in [0.15, 0.2) is 0 Å². The number of urea groups is 1. The van der Waals surface area contributed by atoms with Gasteiger partial charge < -0.3 is 16.0 Å². The molecular formula is C22H27N3O. The average molecular weight is 349 g/mol. The van der Waals surface area contributed by atoms with Crippen LogP contribution in [0.3, 0.4) is 0 Å². The van der Waals surface area contributed by atoms with Gasteiger partial charge in [0, 0.05) is 12.2 Å². The summed E-state index contributed by atoms with van der Waals surface area (Å²) in [5, 5.41) is 2.84. The summed E-state index contributed by atoms with van der Waals surface area (Å²) in [7, 11) is 4.10. The molecule has 0 saturated heterocycles. The van der Waals surface area contributed by atoms with Crippen LogP contribution in [0.2, 0.25) is 0 Å². The van der Waals surface area contributed by atoms with Crippen LogP contribution >= 0.6 is 0 Å². The highest BCUT2D eigenvalue weighted by Gasteiger charge is 2.24. The van der Waals surface area contributed by atoms with Crippen molar-refractivity contribution in [3.8, 4) is 0 Å². The number of anilines is 1. The number of nitrogens with one attached hydrogen (secondary N) is 1. The van der Waals surface area contributed by atoms with Crippen molar-refractivity contribution >= 4 is 11.7 Å². The Balaban J connectivity index is 0.000000170. The van der Waals surface area contributed by atoms with E-state index in [1.807, 2.05) is 12.1 Å². The van der Waals surface area contributed by atoms with Crippen LogP contribution in [0.15, 0.2) is 24.3 Å². The Morgan fingerprint density at radius 2 is 1.77 bits per heavy atom. The van der Waals surface area contributed by atoms with Crippen molar-refractivity contribution in [1.82, 2.24) is 4.90 Å². The van der Waals surface area contributed by atoms with Gasteiger partial charge in [0.1, 0.15) is 0 Å². The molecule has 0 bridgehead atoms. The van der Waals surface area contributed by atoms with E-state index in [0.717, 1.165) is 37.9 Å². The van der Waals surface area contributed by atoms with Crippen LogP contribution in [-0.2, 0) is 32.2 Å². The second kappa shape index (κ2) is 8.25. The third-order valence-electron chi connectivity index (χ3n) is 4.94. The molecule has 26 heavy (non-hydrogen) atoms. The summed E-state index contributed by atoms with van der Waals surface area (Å²) < 4.78 is 0. The van der Waals surface area contributed by atoms with Crippen molar-refractivity contribution in [1.29, 1.82) is 0 Å². The number of fused-ring (bicyclic) bond motifs is 2. The Kier molecular flexibility index (Phi) is 5.80. The van der Waals surface area contributed by atoms with E-state index < -0.39 is 6.03 Å². The summed E-state index contributed by atoms with van der Waals surface area (Å²) in [4.78, 5) is 13.2. The fourth-order valence-electron chi connectivity index (χ4n) is 3.93. The Bertz CT molecular complexity index is 736. The van der Waals surface area contributed by atoms with Crippen LogP contribution in [0, 0.1) is 12.1 Å². The molecule has 3 N–H and O–H groups in total. The molecular weight excluding hydrogens is 322 g/mol. The highest BCUT2D eigenvalue weighted by atomic mass is 16.2. The molecule has 0 unspecified atom stereocenters. The maximum Gasteiger partial charge on any atom is 0.316 e. The van der Waals surface area contributed by atoms with Gasteiger partial charge in [0.2, 0.25) is 0 Å². The molecule has 0 aromatic heterocycles. The number of benzene rings is 1. The molecule has 2 aliphatic carbocycles. The minimum Gasteiger partial charge on any atom is -0.351 e. The number of aryl methyl sites for hydroxylation is 2. The predicted octanol–water partition coefficient (Wildman–Crippen LogP) is 3.50. The lowest BCUT2D eigenvalue weighted by atomic mass is 9.99. The lowest BCUT2D eigenvalue weighted by molar-refractivity contribution is 0.259. The second-order valence-electron chi connectivity index (χ2n) is 7.30. The van der Waals surface area contributed by atoms with Crippen molar-refractivity contribution < 1.29 is 4.79 Å². The van der Waals surface area contributed by atoms with Crippen molar-refractivity contribution in [2.24, 2.45) is 5.73 Å². The average Bonchev–Trinajstić information content (AvgIpc) is 3.24. The third kappa shape index (κ3) is 4.36. The number of carbonyl (C=O) groups excluding carboxylic acids is 1. The minimum absolute atomic E-state index is 0.436. The standard InChI is InChI=1S/C13H16N2O.C9H11N/c14-13(16)15-12-10-5-1-3-8(10)7-9-4-2-6-11(9)12;1-10(2)8-9-6-4-3-5-7-9/h7H,1-6H2,(H3,14,15,16);4,6-7H,8H2,1-2H3. The monoisotopic (exact) mass is 349 g/mol. The van der Waals surface area contributed by atoms with Gasteiger partial charge in [-0.1, -0.05) is 18.2 Å². The van der Waals surface area contributed by atoms with Gasteiger partial charge in [-0.25, -0.2) is 4.79 Å². The molecule has 2 aromatic rings. The maximum atomic E-state index is 11.1. The first-order chi connectivity index (χ1) is 12.5. The zero-order valence-electron chi connectivity index (χ0n) is 15.7. The molecule has 2 aliphatic rings. The Morgan fingerprint density at radius 3 is 2.27 bits per heavy atom. The highest BCUT2D eigenvalue weighted by molar-refractivity contribution is 5.90. The first kappa shape index (κ1) is 18.3. The van der Waals surface area contributed by atoms with E-state index in [0.29, 0.717) is 0 Å². The normalized spacial score (nSPS) is 14.1. The number of amides is 2. The van der Waals surface area contributed by atoms with Gasteiger partial charge in [0.25, 0.3) is 0 Å². The highest BCUT2D eigenvalue weighted by Crippen LogP contribution is 2.38.